The Morgan fingerprint density at radius 1 is 1.32 bits per heavy atom. The summed E-state index contributed by atoms with van der Waals surface area (Å²) in [5, 5.41) is 26.2. The Labute approximate surface area is 145 Å². The zero-order chi connectivity index (χ0) is 17.2. The quantitative estimate of drug-likeness (QED) is 0.686. The molecule has 0 amide bonds. The molecule has 3 atom stereocenters. The molecule has 4 rings (SSSR count). The molecular weight excluding hydrogens is 318 g/mol. The number of hydrogen-bond donors (Lipinski definition) is 2. The Hall–Kier alpha value is -2.58. The van der Waals surface area contributed by atoms with Gasteiger partial charge in [-0.1, -0.05) is 11.3 Å². The summed E-state index contributed by atoms with van der Waals surface area (Å²) in [5.41, 5.74) is 3.06. The molecule has 3 aromatic heterocycles. The number of aliphatic hydroxyl groups excluding tert-OH is 1. The number of nitrogens with zero attached hydrogens (tertiary/aromatic N) is 6. The number of aromatic nitrogens is 6. The van der Waals surface area contributed by atoms with Crippen LogP contribution in [0.2, 0.25) is 0 Å². The van der Waals surface area contributed by atoms with Gasteiger partial charge >= 0.3 is 0 Å². The lowest BCUT2D eigenvalue weighted by Gasteiger charge is -2.42. The minimum absolute atomic E-state index is 0.0286. The van der Waals surface area contributed by atoms with Crippen molar-refractivity contribution in [2.24, 2.45) is 0 Å². The summed E-state index contributed by atoms with van der Waals surface area (Å²) in [6.45, 7) is 3.26. The monoisotopic (exact) mass is 339 g/mol. The van der Waals surface area contributed by atoms with Crippen LogP contribution in [0.15, 0.2) is 43.1 Å². The maximum Gasteiger partial charge on any atom is 0.0965 e. The van der Waals surface area contributed by atoms with Crippen LogP contribution in [0.3, 0.4) is 0 Å². The molecule has 25 heavy (non-hydrogen) atoms. The summed E-state index contributed by atoms with van der Waals surface area (Å²) in [5.74, 6) is 0. The highest BCUT2D eigenvalue weighted by atomic mass is 16.3. The van der Waals surface area contributed by atoms with Gasteiger partial charge in [0.25, 0.3) is 0 Å². The van der Waals surface area contributed by atoms with E-state index in [1.54, 1.807) is 10.9 Å². The molecular formula is C17H21N7O. The van der Waals surface area contributed by atoms with Gasteiger partial charge in [-0.3, -0.25) is 9.67 Å². The molecule has 1 saturated carbocycles. The first-order valence-corrected chi connectivity index (χ1v) is 8.39. The van der Waals surface area contributed by atoms with E-state index < -0.39 is 0 Å². The molecule has 0 aromatic carbocycles. The van der Waals surface area contributed by atoms with Crippen LogP contribution in [0, 0.1) is 6.92 Å². The predicted octanol–water partition coefficient (Wildman–Crippen LogP) is 0.690. The van der Waals surface area contributed by atoms with E-state index in [2.05, 4.69) is 25.7 Å². The topological polar surface area (TPSA) is 93.7 Å². The van der Waals surface area contributed by atoms with Gasteiger partial charge < -0.3 is 10.4 Å². The molecule has 8 heteroatoms. The number of nitrogens with one attached hydrogen (secondary N) is 1. The Morgan fingerprint density at radius 3 is 2.96 bits per heavy atom. The number of pyridine rings is 1. The number of aliphatic hydroxyl groups is 1. The summed E-state index contributed by atoms with van der Waals surface area (Å²) in [7, 11) is 0. The highest BCUT2D eigenvalue weighted by Crippen LogP contribution is 2.32. The fourth-order valence-corrected chi connectivity index (χ4v) is 3.18. The van der Waals surface area contributed by atoms with Crippen molar-refractivity contribution in [2.75, 3.05) is 0 Å². The van der Waals surface area contributed by atoms with Crippen LogP contribution >= 0.6 is 0 Å². The predicted molar refractivity (Wildman–Crippen MR) is 90.6 cm³/mol. The SMILES string of the molecule is Cc1cnn([C@H]2[C@H](O)C[C@@H]2NCc2cn(Cc3cccnc3)nn2)c1. The van der Waals surface area contributed by atoms with E-state index in [1.807, 2.05) is 48.5 Å². The number of aryl methyl sites for hydroxylation is 1. The second kappa shape index (κ2) is 6.73. The Kier molecular flexibility index (Phi) is 4.29. The van der Waals surface area contributed by atoms with E-state index >= 15 is 0 Å². The molecule has 2 N–H and O–H groups in total. The average molecular weight is 339 g/mol. The summed E-state index contributed by atoms with van der Waals surface area (Å²) in [4.78, 5) is 4.11. The Bertz CT molecular complexity index is 828. The van der Waals surface area contributed by atoms with Crippen LogP contribution in [-0.4, -0.2) is 47.0 Å². The fraction of sp³-hybridized carbons (Fsp3) is 0.412. The van der Waals surface area contributed by atoms with Crippen molar-refractivity contribution in [3.8, 4) is 0 Å². The van der Waals surface area contributed by atoms with Gasteiger partial charge in [0, 0.05) is 31.2 Å². The van der Waals surface area contributed by atoms with Crippen LogP contribution in [0.4, 0.5) is 0 Å². The average Bonchev–Trinajstić information content (AvgIpc) is 3.21. The standard InChI is InChI=1S/C17H21N7O/c1-12-6-20-24(9-12)17-15(5-16(17)25)19-8-14-11-23(22-21-14)10-13-3-2-4-18-7-13/h2-4,6-7,9,11,15-17,19,25H,5,8,10H2,1H3/t15-,16+,17+/m0/s1. The molecule has 0 unspecified atom stereocenters. The lowest BCUT2D eigenvalue weighted by molar-refractivity contribution is -0.00834. The molecule has 3 aromatic rings. The molecule has 8 nitrogen and oxygen atoms in total. The van der Waals surface area contributed by atoms with Crippen LogP contribution in [0.1, 0.15) is 29.3 Å². The van der Waals surface area contributed by atoms with Gasteiger partial charge in [0.15, 0.2) is 0 Å². The maximum absolute atomic E-state index is 10.1. The molecule has 3 heterocycles. The lowest BCUT2D eigenvalue weighted by Crippen LogP contribution is -2.54. The Morgan fingerprint density at radius 2 is 2.24 bits per heavy atom. The highest BCUT2D eigenvalue weighted by Gasteiger charge is 2.41. The first-order valence-electron chi connectivity index (χ1n) is 8.39. The molecule has 0 aliphatic heterocycles. The third-order valence-corrected chi connectivity index (χ3v) is 4.54. The fourth-order valence-electron chi connectivity index (χ4n) is 3.18. The van der Waals surface area contributed by atoms with Crippen molar-refractivity contribution in [3.05, 3.63) is 59.9 Å². The van der Waals surface area contributed by atoms with Crippen molar-refractivity contribution in [3.63, 3.8) is 0 Å². The molecule has 1 aliphatic rings. The lowest BCUT2D eigenvalue weighted by atomic mass is 9.83. The molecule has 0 bridgehead atoms. The second-order valence-corrected chi connectivity index (χ2v) is 6.55. The van der Waals surface area contributed by atoms with Gasteiger partial charge in [-0.25, -0.2) is 4.68 Å². The zero-order valence-electron chi connectivity index (χ0n) is 14.0. The van der Waals surface area contributed by atoms with Gasteiger partial charge in [0.05, 0.1) is 36.8 Å². The van der Waals surface area contributed by atoms with Crippen LogP contribution < -0.4 is 5.32 Å². The summed E-state index contributed by atoms with van der Waals surface area (Å²) in [6, 6.07) is 4.07. The third-order valence-electron chi connectivity index (χ3n) is 4.54. The smallest absolute Gasteiger partial charge is 0.0965 e. The van der Waals surface area contributed by atoms with Gasteiger partial charge in [-0.15, -0.1) is 5.10 Å². The van der Waals surface area contributed by atoms with Crippen LogP contribution in [0.25, 0.3) is 0 Å². The van der Waals surface area contributed by atoms with E-state index in [1.165, 1.54) is 0 Å². The molecule has 1 aliphatic carbocycles. The minimum atomic E-state index is -0.363. The number of rotatable bonds is 6. The van der Waals surface area contributed by atoms with Crippen molar-refractivity contribution in [1.29, 1.82) is 0 Å². The van der Waals surface area contributed by atoms with E-state index in [0.29, 0.717) is 19.5 Å². The first kappa shape index (κ1) is 15.9. The van der Waals surface area contributed by atoms with E-state index in [-0.39, 0.29) is 18.2 Å². The normalized spacial score (nSPS) is 22.7. The van der Waals surface area contributed by atoms with Crippen molar-refractivity contribution < 1.29 is 5.11 Å². The second-order valence-electron chi connectivity index (χ2n) is 6.55. The Balaban J connectivity index is 1.34. The third kappa shape index (κ3) is 3.45. The molecule has 0 radical (unpaired) electrons. The minimum Gasteiger partial charge on any atom is -0.391 e. The first-order chi connectivity index (χ1) is 12.2. The van der Waals surface area contributed by atoms with Crippen molar-refractivity contribution in [2.45, 2.75) is 44.6 Å². The van der Waals surface area contributed by atoms with Crippen LogP contribution in [-0.2, 0) is 13.1 Å². The van der Waals surface area contributed by atoms with Crippen LogP contribution in [0.5, 0.6) is 0 Å². The van der Waals surface area contributed by atoms with Crippen molar-refractivity contribution >= 4 is 0 Å². The summed E-state index contributed by atoms with van der Waals surface area (Å²) >= 11 is 0. The largest absolute Gasteiger partial charge is 0.391 e. The molecule has 0 saturated heterocycles. The molecule has 130 valence electrons. The zero-order valence-corrected chi connectivity index (χ0v) is 14.0. The van der Waals surface area contributed by atoms with Gasteiger partial charge in [0.1, 0.15) is 0 Å². The molecule has 1 fully saturated rings. The highest BCUT2D eigenvalue weighted by molar-refractivity contribution is 5.09. The maximum atomic E-state index is 10.1. The van der Waals surface area contributed by atoms with Gasteiger partial charge in [-0.05, 0) is 30.5 Å². The molecule has 0 spiro atoms. The summed E-state index contributed by atoms with van der Waals surface area (Å²) in [6.07, 6.45) is 9.64. The van der Waals surface area contributed by atoms with Gasteiger partial charge in [0.2, 0.25) is 0 Å². The summed E-state index contributed by atoms with van der Waals surface area (Å²) < 4.78 is 3.65. The van der Waals surface area contributed by atoms with Gasteiger partial charge in [-0.2, -0.15) is 5.10 Å². The number of hydrogen-bond acceptors (Lipinski definition) is 6. The van der Waals surface area contributed by atoms with Crippen molar-refractivity contribution in [1.82, 2.24) is 35.1 Å². The van der Waals surface area contributed by atoms with E-state index in [4.69, 9.17) is 0 Å². The van der Waals surface area contributed by atoms with E-state index in [9.17, 15) is 5.11 Å². The van der Waals surface area contributed by atoms with E-state index in [0.717, 1.165) is 16.8 Å².